The first-order valence-electron chi connectivity index (χ1n) is 7.30. The number of nitrogens with zero attached hydrogens (tertiary/aromatic N) is 1. The van der Waals surface area contributed by atoms with Gasteiger partial charge in [0.05, 0.1) is 6.23 Å². The van der Waals surface area contributed by atoms with E-state index in [0.29, 0.717) is 18.1 Å². The van der Waals surface area contributed by atoms with Gasteiger partial charge in [0.15, 0.2) is 0 Å². The van der Waals surface area contributed by atoms with Gasteiger partial charge in [0, 0.05) is 13.1 Å². The Bertz CT molecular complexity index is 171. The van der Waals surface area contributed by atoms with Gasteiger partial charge in [0.25, 0.3) is 0 Å². The molecule has 0 heterocycles. The van der Waals surface area contributed by atoms with E-state index in [4.69, 9.17) is 3.79 Å². The van der Waals surface area contributed by atoms with Crippen molar-refractivity contribution < 1.29 is 3.79 Å². The number of hydrogen-bond acceptors (Lipinski definition) is 2. The summed E-state index contributed by atoms with van der Waals surface area (Å²) in [5.74, 6) is 1.42. The van der Waals surface area contributed by atoms with Crippen LogP contribution in [0.2, 0.25) is 10.6 Å². The van der Waals surface area contributed by atoms with Gasteiger partial charge >= 0.3 is 14.5 Å². The van der Waals surface area contributed by atoms with Gasteiger partial charge in [-0.3, -0.25) is 4.90 Å². The zero-order chi connectivity index (χ0) is 13.4. The second-order valence-electron chi connectivity index (χ2n) is 5.92. The topological polar surface area (TPSA) is 12.5 Å². The van der Waals surface area contributed by atoms with Gasteiger partial charge in [-0.2, -0.15) is 0 Å². The Morgan fingerprint density at radius 3 is 1.59 bits per heavy atom. The molecule has 0 aliphatic heterocycles. The van der Waals surface area contributed by atoms with Crippen molar-refractivity contribution in [3.63, 3.8) is 0 Å². The van der Waals surface area contributed by atoms with Crippen molar-refractivity contribution in [1.29, 1.82) is 0 Å². The van der Waals surface area contributed by atoms with E-state index in [0.717, 1.165) is 13.1 Å². The Morgan fingerprint density at radius 2 is 1.29 bits per heavy atom. The third-order valence-electron chi connectivity index (χ3n) is 3.01. The van der Waals surface area contributed by atoms with Crippen LogP contribution in [0.3, 0.4) is 0 Å². The predicted octanol–water partition coefficient (Wildman–Crippen LogP) is 3.99. The minimum atomic E-state index is -0.938. The average Bonchev–Trinajstić information content (AvgIpc) is 2.23. The van der Waals surface area contributed by atoms with Crippen LogP contribution >= 0.6 is 0 Å². The Hall–Kier alpha value is 0.452. The molecular formula is C14H32AlNO. The van der Waals surface area contributed by atoms with Crippen molar-refractivity contribution in [3.05, 3.63) is 0 Å². The zero-order valence-corrected chi connectivity index (χ0v) is 14.1. The maximum Gasteiger partial charge on any atom is 0.461 e. The summed E-state index contributed by atoms with van der Waals surface area (Å²) in [7, 11) is 0. The molecule has 0 aromatic heterocycles. The third-order valence-corrected chi connectivity index (χ3v) is 5.61. The van der Waals surface area contributed by atoms with Gasteiger partial charge in [0.2, 0.25) is 0 Å². The normalized spacial score (nSPS) is 13.8. The smallest absolute Gasteiger partial charge is 0.461 e. The van der Waals surface area contributed by atoms with Crippen LogP contribution in [-0.4, -0.2) is 38.7 Å². The molecule has 0 aromatic carbocycles. The van der Waals surface area contributed by atoms with Crippen molar-refractivity contribution >= 4 is 14.5 Å². The molecule has 0 rings (SSSR count). The summed E-state index contributed by atoms with van der Waals surface area (Å²) in [6.07, 6.45) is 0.302. The lowest BCUT2D eigenvalue weighted by Crippen LogP contribution is -2.42. The summed E-state index contributed by atoms with van der Waals surface area (Å²) < 4.78 is 6.28. The second kappa shape index (κ2) is 9.39. The fourth-order valence-corrected chi connectivity index (χ4v) is 3.85. The maximum atomic E-state index is 6.28. The molecule has 0 spiro atoms. The van der Waals surface area contributed by atoms with Crippen LogP contribution in [0, 0.1) is 11.8 Å². The van der Waals surface area contributed by atoms with E-state index in [-0.39, 0.29) is 0 Å². The van der Waals surface area contributed by atoms with Crippen LogP contribution < -0.4 is 0 Å². The molecular weight excluding hydrogens is 225 g/mol. The van der Waals surface area contributed by atoms with E-state index in [1.165, 1.54) is 10.6 Å². The van der Waals surface area contributed by atoms with Crippen molar-refractivity contribution in [3.8, 4) is 0 Å². The van der Waals surface area contributed by atoms with Gasteiger partial charge in [0.1, 0.15) is 0 Å². The monoisotopic (exact) mass is 257 g/mol. The Morgan fingerprint density at radius 1 is 0.882 bits per heavy atom. The standard InChI is InChI=1S/C10H22NO.2C2H5.Al/c1-8(2)6-11(10(5)12)7-9(3)4;2*1-2;/h8-10H,6-7H2,1-5H3;2*1H2,2H3;/q-1;;;+1. The van der Waals surface area contributed by atoms with Crippen molar-refractivity contribution in [1.82, 2.24) is 4.90 Å². The molecule has 3 heteroatoms. The molecule has 1 unspecified atom stereocenters. The van der Waals surface area contributed by atoms with Gasteiger partial charge in [-0.05, 0) is 18.8 Å². The maximum absolute atomic E-state index is 6.28. The Kier molecular flexibility index (Phi) is 9.64. The fraction of sp³-hybridized carbons (Fsp3) is 1.00. The highest BCUT2D eigenvalue weighted by Crippen LogP contribution is 2.12. The lowest BCUT2D eigenvalue weighted by atomic mass is 10.1. The molecule has 17 heavy (non-hydrogen) atoms. The lowest BCUT2D eigenvalue weighted by Gasteiger charge is -2.34. The molecule has 0 saturated carbocycles. The quantitative estimate of drug-likeness (QED) is 0.457. The van der Waals surface area contributed by atoms with Crippen LogP contribution in [0.5, 0.6) is 0 Å². The molecule has 0 fully saturated rings. The van der Waals surface area contributed by atoms with Crippen molar-refractivity contribution in [2.75, 3.05) is 13.1 Å². The van der Waals surface area contributed by atoms with Gasteiger partial charge < -0.3 is 3.79 Å². The summed E-state index contributed by atoms with van der Waals surface area (Å²) in [6.45, 7) is 18.2. The van der Waals surface area contributed by atoms with Gasteiger partial charge in [-0.25, -0.2) is 0 Å². The summed E-state index contributed by atoms with van der Waals surface area (Å²) in [5.41, 5.74) is 0. The molecule has 0 amide bonds. The Balaban J connectivity index is 4.34. The van der Waals surface area contributed by atoms with E-state index < -0.39 is 14.5 Å². The summed E-state index contributed by atoms with van der Waals surface area (Å²) in [5, 5.41) is 2.50. The zero-order valence-electron chi connectivity index (χ0n) is 13.0. The van der Waals surface area contributed by atoms with E-state index in [1.54, 1.807) is 0 Å². The molecule has 0 N–H and O–H groups in total. The van der Waals surface area contributed by atoms with E-state index in [2.05, 4.69) is 53.4 Å². The second-order valence-corrected chi connectivity index (χ2v) is 9.06. The molecule has 1 atom stereocenters. The highest BCUT2D eigenvalue weighted by atomic mass is 27.2. The fourth-order valence-electron chi connectivity index (χ4n) is 2.16. The van der Waals surface area contributed by atoms with Gasteiger partial charge in [-0.15, -0.1) is 0 Å². The number of hydrogen-bond donors (Lipinski definition) is 0. The first kappa shape index (κ1) is 17.5. The van der Waals surface area contributed by atoms with Gasteiger partial charge in [-0.1, -0.05) is 52.1 Å². The molecule has 0 bridgehead atoms. The van der Waals surface area contributed by atoms with Crippen LogP contribution in [0.1, 0.15) is 48.5 Å². The van der Waals surface area contributed by atoms with Crippen molar-refractivity contribution in [2.45, 2.75) is 65.3 Å². The molecule has 0 aliphatic carbocycles. The molecule has 0 aliphatic rings. The Labute approximate surface area is 113 Å². The van der Waals surface area contributed by atoms with E-state index >= 15 is 0 Å². The predicted molar refractivity (Wildman–Crippen MR) is 78.5 cm³/mol. The van der Waals surface area contributed by atoms with E-state index in [1.807, 2.05) is 0 Å². The highest BCUT2D eigenvalue weighted by Gasteiger charge is 2.23. The van der Waals surface area contributed by atoms with Crippen LogP contribution in [-0.2, 0) is 3.79 Å². The SMILES string of the molecule is C[CH2][Al]([CH2]C)[O]C(C)N(CC(C)C)CC(C)C. The molecule has 0 radical (unpaired) electrons. The minimum absolute atomic E-state index is 0.302. The molecule has 0 saturated heterocycles. The highest BCUT2D eigenvalue weighted by molar-refractivity contribution is 6.51. The average molecular weight is 257 g/mol. The van der Waals surface area contributed by atoms with Crippen molar-refractivity contribution in [2.24, 2.45) is 11.8 Å². The van der Waals surface area contributed by atoms with Crippen LogP contribution in [0.4, 0.5) is 0 Å². The third kappa shape index (κ3) is 8.22. The first-order valence-corrected chi connectivity index (χ1v) is 9.40. The van der Waals surface area contributed by atoms with Crippen LogP contribution in [0.25, 0.3) is 0 Å². The van der Waals surface area contributed by atoms with Crippen LogP contribution in [0.15, 0.2) is 0 Å². The summed E-state index contributed by atoms with van der Waals surface area (Å²) in [4.78, 5) is 2.51. The lowest BCUT2D eigenvalue weighted by molar-refractivity contribution is 0.0204. The molecule has 2 nitrogen and oxygen atoms in total. The largest absolute Gasteiger partial charge is 0.487 e. The first-order chi connectivity index (χ1) is 7.90. The van der Waals surface area contributed by atoms with E-state index in [9.17, 15) is 0 Å². The molecule has 0 aromatic rings. The summed E-state index contributed by atoms with van der Waals surface area (Å²) in [6, 6.07) is 0. The minimum Gasteiger partial charge on any atom is -0.487 e. The number of rotatable bonds is 9. The summed E-state index contributed by atoms with van der Waals surface area (Å²) >= 11 is -0.938. The molecule has 102 valence electrons.